The molecule has 1 atom stereocenters. The maximum atomic E-state index is 13.0. The highest BCUT2D eigenvalue weighted by Crippen LogP contribution is 2.49. The van der Waals surface area contributed by atoms with Gasteiger partial charge in [-0.25, -0.2) is 0 Å². The third-order valence-corrected chi connectivity index (χ3v) is 7.26. The van der Waals surface area contributed by atoms with Crippen LogP contribution >= 0.6 is 0 Å². The molecule has 1 amide bonds. The van der Waals surface area contributed by atoms with E-state index in [1.807, 2.05) is 31.1 Å². The maximum absolute atomic E-state index is 13.0. The lowest BCUT2D eigenvalue weighted by Crippen LogP contribution is -2.46. The summed E-state index contributed by atoms with van der Waals surface area (Å²) in [7, 11) is 2.03. The summed E-state index contributed by atoms with van der Waals surface area (Å²) >= 11 is 0. The lowest BCUT2D eigenvalue weighted by molar-refractivity contribution is 0.0549. The van der Waals surface area contributed by atoms with Crippen LogP contribution in [0.3, 0.4) is 0 Å². The molecule has 1 spiro atoms. The van der Waals surface area contributed by atoms with E-state index in [2.05, 4.69) is 55.1 Å². The number of aryl methyl sites for hydroxylation is 2. The first-order valence-electron chi connectivity index (χ1n) is 11.5. The van der Waals surface area contributed by atoms with Crippen molar-refractivity contribution in [3.8, 4) is 0 Å². The Morgan fingerprint density at radius 3 is 2.59 bits per heavy atom. The molecular formula is C24H31N7O. The lowest BCUT2D eigenvalue weighted by Gasteiger charge is -2.42. The molecule has 0 radical (unpaired) electrons. The number of likely N-dealkylation sites (tertiary alicyclic amines) is 2. The molecule has 2 aromatic heterocycles. The molecule has 4 heterocycles. The van der Waals surface area contributed by atoms with E-state index in [0.717, 1.165) is 57.9 Å². The number of hydrogen-bond acceptors (Lipinski definition) is 5. The second-order valence-electron chi connectivity index (χ2n) is 9.22. The molecule has 0 N–H and O–H groups in total. The third-order valence-electron chi connectivity index (χ3n) is 7.26. The van der Waals surface area contributed by atoms with Gasteiger partial charge in [0.1, 0.15) is 17.8 Å². The van der Waals surface area contributed by atoms with Crippen LogP contribution in [0.1, 0.15) is 47.6 Å². The second-order valence-corrected chi connectivity index (χ2v) is 9.22. The first kappa shape index (κ1) is 20.9. The summed E-state index contributed by atoms with van der Waals surface area (Å²) in [5.74, 6) is 1.42. The molecule has 0 bridgehead atoms. The van der Waals surface area contributed by atoms with Gasteiger partial charge < -0.3 is 9.47 Å². The Morgan fingerprint density at radius 2 is 1.94 bits per heavy atom. The van der Waals surface area contributed by atoms with Crippen molar-refractivity contribution in [2.24, 2.45) is 12.5 Å². The van der Waals surface area contributed by atoms with Gasteiger partial charge in [0.15, 0.2) is 0 Å². The van der Waals surface area contributed by atoms with Gasteiger partial charge in [0.2, 0.25) is 0 Å². The largest absolute Gasteiger partial charge is 0.337 e. The quantitative estimate of drug-likeness (QED) is 0.618. The Morgan fingerprint density at radius 1 is 1.16 bits per heavy atom. The molecule has 3 aromatic rings. The predicted molar refractivity (Wildman–Crippen MR) is 121 cm³/mol. The molecule has 168 valence electrons. The highest BCUT2D eigenvalue weighted by Gasteiger charge is 2.50. The zero-order valence-electron chi connectivity index (χ0n) is 18.9. The Kier molecular flexibility index (Phi) is 5.55. The number of carbonyl (C=O) groups excluding carboxylic acids is 1. The van der Waals surface area contributed by atoms with E-state index in [-0.39, 0.29) is 11.3 Å². The number of hydrogen-bond donors (Lipinski definition) is 0. The average Bonchev–Trinajstić information content (AvgIpc) is 3.54. The number of aromatic nitrogens is 5. The van der Waals surface area contributed by atoms with E-state index in [1.54, 1.807) is 11.0 Å². The fourth-order valence-electron chi connectivity index (χ4n) is 5.47. The van der Waals surface area contributed by atoms with Crippen molar-refractivity contribution in [2.45, 2.75) is 38.8 Å². The minimum Gasteiger partial charge on any atom is -0.337 e. The Labute approximate surface area is 188 Å². The number of rotatable bonds is 5. The number of benzene rings is 1. The minimum atomic E-state index is 0.0430. The molecule has 8 nitrogen and oxygen atoms in total. The summed E-state index contributed by atoms with van der Waals surface area (Å²) in [5.41, 5.74) is 1.99. The number of amides is 1. The standard InChI is InChI=1S/C24H31N7O/c1-3-31-12-9-21(27-31)23(32)30-13-10-24(11-14-30)17-29(15-19-7-5-4-6-8-19)16-20(24)22-26-25-18-28(22)2/h4-9,12,18,20H,3,10-11,13-17H2,1-2H3. The molecule has 2 saturated heterocycles. The Balaban J connectivity index is 1.34. The van der Waals surface area contributed by atoms with Crippen molar-refractivity contribution in [1.82, 2.24) is 34.3 Å². The van der Waals surface area contributed by atoms with Crippen LogP contribution in [0.4, 0.5) is 0 Å². The number of piperidine rings is 1. The Bertz CT molecular complexity index is 1060. The fourth-order valence-corrected chi connectivity index (χ4v) is 5.47. The average molecular weight is 434 g/mol. The highest BCUT2D eigenvalue weighted by molar-refractivity contribution is 5.92. The van der Waals surface area contributed by atoms with Crippen LogP contribution in [-0.4, -0.2) is 66.4 Å². The summed E-state index contributed by atoms with van der Waals surface area (Å²) in [6.45, 7) is 7.24. The SMILES string of the molecule is CCn1ccc(C(=O)N2CCC3(CC2)CN(Cc2ccccc2)CC3c2nncn2C)n1. The molecule has 5 rings (SSSR count). The van der Waals surface area contributed by atoms with Crippen LogP contribution in [0, 0.1) is 5.41 Å². The van der Waals surface area contributed by atoms with Gasteiger partial charge >= 0.3 is 0 Å². The van der Waals surface area contributed by atoms with Crippen molar-refractivity contribution in [1.29, 1.82) is 0 Å². The smallest absolute Gasteiger partial charge is 0.274 e. The van der Waals surface area contributed by atoms with E-state index in [0.29, 0.717) is 11.6 Å². The van der Waals surface area contributed by atoms with Gasteiger partial charge in [-0.3, -0.25) is 14.4 Å². The molecule has 0 aliphatic carbocycles. The molecule has 2 aliphatic rings. The van der Waals surface area contributed by atoms with E-state index < -0.39 is 0 Å². The normalized spacial score (nSPS) is 20.8. The minimum absolute atomic E-state index is 0.0430. The van der Waals surface area contributed by atoms with Crippen molar-refractivity contribution >= 4 is 5.91 Å². The summed E-state index contributed by atoms with van der Waals surface area (Å²) < 4.78 is 3.87. The number of nitrogens with zero attached hydrogens (tertiary/aromatic N) is 7. The van der Waals surface area contributed by atoms with Gasteiger partial charge in [-0.15, -0.1) is 10.2 Å². The van der Waals surface area contributed by atoms with Crippen molar-refractivity contribution < 1.29 is 4.79 Å². The summed E-state index contributed by atoms with van der Waals surface area (Å²) in [5, 5.41) is 13.1. The summed E-state index contributed by atoms with van der Waals surface area (Å²) in [6.07, 6.45) is 5.61. The van der Waals surface area contributed by atoms with Gasteiger partial charge in [-0.1, -0.05) is 30.3 Å². The molecule has 8 heteroatoms. The molecule has 0 saturated carbocycles. The van der Waals surface area contributed by atoms with Gasteiger partial charge in [0.25, 0.3) is 5.91 Å². The molecule has 32 heavy (non-hydrogen) atoms. The van der Waals surface area contributed by atoms with Crippen LogP contribution in [0.5, 0.6) is 0 Å². The van der Waals surface area contributed by atoms with E-state index >= 15 is 0 Å². The van der Waals surface area contributed by atoms with Crippen LogP contribution in [0.15, 0.2) is 48.9 Å². The van der Waals surface area contributed by atoms with Crippen molar-refractivity contribution in [3.63, 3.8) is 0 Å². The first-order chi connectivity index (χ1) is 15.6. The zero-order chi connectivity index (χ0) is 22.1. The topological polar surface area (TPSA) is 72.1 Å². The third kappa shape index (κ3) is 3.83. The van der Waals surface area contributed by atoms with Gasteiger partial charge in [-0.05, 0) is 36.8 Å². The molecule has 1 aromatic carbocycles. The second kappa shape index (κ2) is 8.50. The molecular weight excluding hydrogens is 402 g/mol. The maximum Gasteiger partial charge on any atom is 0.274 e. The highest BCUT2D eigenvalue weighted by atomic mass is 16.2. The summed E-state index contributed by atoms with van der Waals surface area (Å²) in [6, 6.07) is 12.5. The number of carbonyl (C=O) groups is 1. The van der Waals surface area contributed by atoms with Gasteiger partial charge in [-0.2, -0.15) is 5.10 Å². The summed E-state index contributed by atoms with van der Waals surface area (Å²) in [4.78, 5) is 17.5. The fraction of sp³-hybridized carbons (Fsp3) is 0.500. The molecule has 1 unspecified atom stereocenters. The van der Waals surface area contributed by atoms with E-state index in [1.165, 1.54) is 5.56 Å². The van der Waals surface area contributed by atoms with Crippen molar-refractivity contribution in [2.75, 3.05) is 26.2 Å². The van der Waals surface area contributed by atoms with Crippen LogP contribution in [-0.2, 0) is 20.1 Å². The Hall–Kier alpha value is -3.00. The monoisotopic (exact) mass is 433 g/mol. The molecule has 2 fully saturated rings. The lowest BCUT2D eigenvalue weighted by atomic mass is 9.70. The first-order valence-corrected chi connectivity index (χ1v) is 11.5. The van der Waals surface area contributed by atoms with Gasteiger partial charge in [0.05, 0.1) is 0 Å². The van der Waals surface area contributed by atoms with Gasteiger partial charge in [0, 0.05) is 58.4 Å². The molecule has 2 aliphatic heterocycles. The van der Waals surface area contributed by atoms with Crippen LogP contribution in [0.25, 0.3) is 0 Å². The van der Waals surface area contributed by atoms with E-state index in [4.69, 9.17) is 0 Å². The van der Waals surface area contributed by atoms with Crippen molar-refractivity contribution in [3.05, 3.63) is 66.0 Å². The predicted octanol–water partition coefficient (Wildman–Crippen LogP) is 2.55. The van der Waals surface area contributed by atoms with Crippen LogP contribution < -0.4 is 0 Å². The van der Waals surface area contributed by atoms with Crippen LogP contribution in [0.2, 0.25) is 0 Å². The van der Waals surface area contributed by atoms with E-state index in [9.17, 15) is 4.79 Å². The zero-order valence-corrected chi connectivity index (χ0v) is 18.9.